The zero-order chi connectivity index (χ0) is 6.57. The number of alkyl halides is 1. The summed E-state index contributed by atoms with van der Waals surface area (Å²) in [6.07, 6.45) is 1.47. The van der Waals surface area contributed by atoms with Crippen LogP contribution < -0.4 is 5.73 Å². The summed E-state index contributed by atoms with van der Waals surface area (Å²) in [6.45, 7) is 0. The second kappa shape index (κ2) is 3.72. The number of halogens is 1. The molecule has 4 heteroatoms. The van der Waals surface area contributed by atoms with Gasteiger partial charge in [0.2, 0.25) is 0 Å². The molecular weight excluding hydrogens is 174 g/mol. The molecule has 1 amide bonds. The Balaban J connectivity index is 0.000000122. The van der Waals surface area contributed by atoms with Crippen LogP contribution in [-0.2, 0) is 0 Å². The third-order valence-corrected chi connectivity index (χ3v) is 1.42. The molecule has 0 atom stereocenters. The van der Waals surface area contributed by atoms with E-state index in [-0.39, 0.29) is 0 Å². The number of hydrogen-bond donors (Lipinski definition) is 2. The van der Waals surface area contributed by atoms with Crippen molar-refractivity contribution in [3.63, 3.8) is 0 Å². The lowest BCUT2D eigenvalue weighted by atomic mass is 11.0. The van der Waals surface area contributed by atoms with Crippen LogP contribution in [0.2, 0.25) is 0 Å². The molecule has 0 radical (unpaired) electrons. The average Bonchev–Trinajstić information content (AvgIpc) is 2.19. The quantitative estimate of drug-likeness (QED) is 0.552. The molecule has 1 aliphatic carbocycles. The van der Waals surface area contributed by atoms with Gasteiger partial charge in [-0.1, -0.05) is 15.9 Å². The van der Waals surface area contributed by atoms with Crippen LogP contribution >= 0.6 is 15.9 Å². The predicted octanol–water partition coefficient (Wildman–Crippen LogP) is 1.17. The molecule has 0 saturated heterocycles. The van der Waals surface area contributed by atoms with Gasteiger partial charge in [-0.15, -0.1) is 0 Å². The van der Waals surface area contributed by atoms with Crippen molar-refractivity contribution in [3.8, 4) is 0 Å². The third-order valence-electron chi connectivity index (χ3n) is 0.507. The van der Waals surface area contributed by atoms with Gasteiger partial charge in [-0.3, -0.25) is 0 Å². The van der Waals surface area contributed by atoms with Crippen molar-refractivity contribution in [2.24, 2.45) is 5.73 Å². The normalized spacial score (nSPS) is 16.1. The van der Waals surface area contributed by atoms with Crippen LogP contribution in [-0.4, -0.2) is 16.0 Å². The van der Waals surface area contributed by atoms with E-state index < -0.39 is 6.09 Å². The first-order valence-electron chi connectivity index (χ1n) is 2.25. The lowest BCUT2D eigenvalue weighted by Crippen LogP contribution is -2.03. The van der Waals surface area contributed by atoms with Gasteiger partial charge in [0, 0.05) is 4.83 Å². The first-order chi connectivity index (χ1) is 3.63. The summed E-state index contributed by atoms with van der Waals surface area (Å²) in [6, 6.07) is 0. The Morgan fingerprint density at radius 3 is 1.88 bits per heavy atom. The van der Waals surface area contributed by atoms with Crippen LogP contribution in [0.15, 0.2) is 0 Å². The van der Waals surface area contributed by atoms with Crippen molar-refractivity contribution >= 4 is 22.0 Å². The van der Waals surface area contributed by atoms with E-state index in [9.17, 15) is 0 Å². The second-order valence-electron chi connectivity index (χ2n) is 1.51. The van der Waals surface area contributed by atoms with E-state index in [4.69, 9.17) is 9.90 Å². The number of hydrogen-bond acceptors (Lipinski definition) is 1. The summed E-state index contributed by atoms with van der Waals surface area (Å²) < 4.78 is 0. The van der Waals surface area contributed by atoms with Crippen molar-refractivity contribution in [1.29, 1.82) is 0 Å². The summed E-state index contributed by atoms with van der Waals surface area (Å²) >= 11 is 3.38. The Kier molecular flexibility index (Phi) is 3.60. The minimum absolute atomic E-state index is 0.896. The predicted molar refractivity (Wildman–Crippen MR) is 34.2 cm³/mol. The first kappa shape index (κ1) is 7.75. The molecule has 3 N–H and O–H groups in total. The molecule has 0 unspecified atom stereocenters. The molecule has 0 aromatic carbocycles. The van der Waals surface area contributed by atoms with Crippen LogP contribution in [0.4, 0.5) is 4.79 Å². The number of nitrogens with two attached hydrogens (primary N) is 1. The van der Waals surface area contributed by atoms with E-state index in [0.717, 1.165) is 4.83 Å². The first-order valence-corrected chi connectivity index (χ1v) is 3.17. The van der Waals surface area contributed by atoms with Crippen molar-refractivity contribution in [2.45, 2.75) is 17.7 Å². The molecule has 0 aromatic heterocycles. The standard InChI is InChI=1S/C3H5Br.CH3NO2/c4-3-1-2-3;2-1(3)4/h3H,1-2H2;2H2,(H,3,4). The molecular formula is C4H8BrNO2. The van der Waals surface area contributed by atoms with E-state index in [1.165, 1.54) is 12.8 Å². The molecule has 0 aliphatic heterocycles. The van der Waals surface area contributed by atoms with Crippen LogP contribution in [0.25, 0.3) is 0 Å². The highest BCUT2D eigenvalue weighted by Crippen LogP contribution is 2.27. The molecule has 0 bridgehead atoms. The minimum Gasteiger partial charge on any atom is -0.465 e. The average molecular weight is 182 g/mol. The van der Waals surface area contributed by atoms with Gasteiger partial charge >= 0.3 is 6.09 Å². The van der Waals surface area contributed by atoms with Crippen molar-refractivity contribution < 1.29 is 9.90 Å². The molecule has 48 valence electrons. The van der Waals surface area contributed by atoms with E-state index in [1.807, 2.05) is 0 Å². The Labute approximate surface area is 56.0 Å². The monoisotopic (exact) mass is 181 g/mol. The number of primary amides is 1. The number of carboxylic acid groups (broad SMARTS) is 1. The topological polar surface area (TPSA) is 63.3 Å². The maximum absolute atomic E-state index is 8.78. The zero-order valence-electron chi connectivity index (χ0n) is 4.30. The van der Waals surface area contributed by atoms with Crippen molar-refractivity contribution in [1.82, 2.24) is 0 Å². The Morgan fingerprint density at radius 2 is 1.88 bits per heavy atom. The number of carbonyl (C=O) groups is 1. The number of amides is 1. The maximum atomic E-state index is 8.78. The van der Waals surface area contributed by atoms with E-state index in [0.29, 0.717) is 0 Å². The van der Waals surface area contributed by atoms with Crippen molar-refractivity contribution in [2.75, 3.05) is 0 Å². The molecule has 8 heavy (non-hydrogen) atoms. The minimum atomic E-state index is -1.33. The fourth-order valence-corrected chi connectivity index (χ4v) is 0.327. The Morgan fingerprint density at radius 1 is 1.75 bits per heavy atom. The molecule has 1 saturated carbocycles. The van der Waals surface area contributed by atoms with E-state index in [1.54, 1.807) is 0 Å². The Bertz CT molecular complexity index is 78.1. The summed E-state index contributed by atoms with van der Waals surface area (Å²) in [5, 5.41) is 7.19. The highest BCUT2D eigenvalue weighted by Gasteiger charge is 2.15. The molecule has 1 fully saturated rings. The smallest absolute Gasteiger partial charge is 0.402 e. The second-order valence-corrected chi connectivity index (χ2v) is 2.81. The van der Waals surface area contributed by atoms with E-state index in [2.05, 4.69) is 21.7 Å². The summed E-state index contributed by atoms with van der Waals surface area (Å²) in [4.78, 5) is 9.67. The van der Waals surface area contributed by atoms with E-state index >= 15 is 0 Å². The van der Waals surface area contributed by atoms with Gasteiger partial charge in [0.05, 0.1) is 0 Å². The summed E-state index contributed by atoms with van der Waals surface area (Å²) in [5.74, 6) is 0. The van der Waals surface area contributed by atoms with Gasteiger partial charge < -0.3 is 10.8 Å². The lowest BCUT2D eigenvalue weighted by Gasteiger charge is -1.61. The summed E-state index contributed by atoms with van der Waals surface area (Å²) in [5.41, 5.74) is 4.03. The van der Waals surface area contributed by atoms with Crippen LogP contribution in [0.5, 0.6) is 0 Å². The summed E-state index contributed by atoms with van der Waals surface area (Å²) in [7, 11) is 0. The van der Waals surface area contributed by atoms with Gasteiger partial charge in [-0.05, 0) is 12.8 Å². The number of rotatable bonds is 0. The molecule has 0 aromatic rings. The van der Waals surface area contributed by atoms with Gasteiger partial charge in [-0.2, -0.15) is 0 Å². The highest BCUT2D eigenvalue weighted by molar-refractivity contribution is 9.09. The van der Waals surface area contributed by atoms with Crippen LogP contribution in [0.1, 0.15) is 12.8 Å². The maximum Gasteiger partial charge on any atom is 0.402 e. The molecule has 0 spiro atoms. The third kappa shape index (κ3) is 17.2. The molecule has 0 heterocycles. The Hall–Kier alpha value is -0.250. The molecule has 3 nitrogen and oxygen atoms in total. The fraction of sp³-hybridized carbons (Fsp3) is 0.750. The van der Waals surface area contributed by atoms with Gasteiger partial charge in [0.25, 0.3) is 0 Å². The van der Waals surface area contributed by atoms with Gasteiger partial charge in [-0.25, -0.2) is 4.79 Å². The molecule has 1 aliphatic rings. The van der Waals surface area contributed by atoms with Crippen LogP contribution in [0.3, 0.4) is 0 Å². The van der Waals surface area contributed by atoms with Crippen molar-refractivity contribution in [3.05, 3.63) is 0 Å². The molecule has 1 rings (SSSR count). The van der Waals surface area contributed by atoms with Crippen LogP contribution in [0, 0.1) is 0 Å². The highest BCUT2D eigenvalue weighted by atomic mass is 79.9. The zero-order valence-corrected chi connectivity index (χ0v) is 5.89. The largest absolute Gasteiger partial charge is 0.465 e. The fourth-order valence-electron chi connectivity index (χ4n) is 0.0630. The van der Waals surface area contributed by atoms with Gasteiger partial charge in [0.15, 0.2) is 0 Å². The lowest BCUT2D eigenvalue weighted by molar-refractivity contribution is 0.205. The van der Waals surface area contributed by atoms with Gasteiger partial charge in [0.1, 0.15) is 0 Å². The SMILES string of the molecule is BrC1CC1.NC(=O)O.